The fraction of sp³-hybridized carbons (Fsp3) is 0.722. The fourth-order valence-electron chi connectivity index (χ4n) is 4.19. The second kappa shape index (κ2) is 6.78. The van der Waals surface area contributed by atoms with Crippen LogP contribution in [0.15, 0.2) is 18.3 Å². The molecule has 21 heavy (non-hydrogen) atoms. The lowest BCUT2D eigenvalue weighted by molar-refractivity contribution is 0.242. The second-order valence-electron chi connectivity index (χ2n) is 6.67. The quantitative estimate of drug-likeness (QED) is 0.910. The largest absolute Gasteiger partial charge is 0.353 e. The van der Waals surface area contributed by atoms with Crippen molar-refractivity contribution in [2.75, 3.05) is 18.0 Å². The molecular weight excluding hydrogens is 258 g/mol. The van der Waals surface area contributed by atoms with Crippen LogP contribution in [-0.4, -0.2) is 24.1 Å². The molecule has 1 N–H and O–H groups in total. The van der Waals surface area contributed by atoms with Crippen LogP contribution >= 0.6 is 0 Å². The number of piperidine rings is 1. The lowest BCUT2D eigenvalue weighted by Gasteiger charge is -2.45. The van der Waals surface area contributed by atoms with Crippen molar-refractivity contribution in [3.8, 4) is 0 Å². The average molecular weight is 287 g/mol. The predicted octanol–water partition coefficient (Wildman–Crippen LogP) is 3.91. The van der Waals surface area contributed by atoms with Crippen LogP contribution in [0.5, 0.6) is 0 Å². The third-order valence-corrected chi connectivity index (χ3v) is 5.32. The molecule has 3 nitrogen and oxygen atoms in total. The van der Waals surface area contributed by atoms with Crippen LogP contribution in [0.2, 0.25) is 0 Å². The van der Waals surface area contributed by atoms with E-state index in [4.69, 9.17) is 4.98 Å². The highest BCUT2D eigenvalue weighted by Crippen LogP contribution is 2.37. The molecule has 3 unspecified atom stereocenters. The third kappa shape index (κ3) is 3.23. The molecule has 3 atom stereocenters. The topological polar surface area (TPSA) is 28.2 Å². The number of nitrogens with zero attached hydrogens (tertiary/aromatic N) is 2. The van der Waals surface area contributed by atoms with Gasteiger partial charge in [0.2, 0.25) is 0 Å². The first-order valence-electron chi connectivity index (χ1n) is 8.75. The van der Waals surface area contributed by atoms with Crippen molar-refractivity contribution in [2.24, 2.45) is 5.92 Å². The molecule has 0 amide bonds. The second-order valence-corrected chi connectivity index (χ2v) is 6.67. The minimum atomic E-state index is 0.406. The summed E-state index contributed by atoms with van der Waals surface area (Å²) in [5.41, 5.74) is 1.36. The van der Waals surface area contributed by atoms with Crippen molar-refractivity contribution in [1.82, 2.24) is 10.3 Å². The molecule has 0 radical (unpaired) electrons. The van der Waals surface area contributed by atoms with Gasteiger partial charge in [-0.05, 0) is 62.8 Å². The number of aromatic nitrogens is 1. The molecule has 1 aliphatic heterocycles. The van der Waals surface area contributed by atoms with Gasteiger partial charge < -0.3 is 10.2 Å². The van der Waals surface area contributed by atoms with E-state index in [9.17, 15) is 0 Å². The van der Waals surface area contributed by atoms with Crippen molar-refractivity contribution in [2.45, 2.75) is 64.5 Å². The zero-order valence-electron chi connectivity index (χ0n) is 13.5. The van der Waals surface area contributed by atoms with Gasteiger partial charge >= 0.3 is 0 Å². The summed E-state index contributed by atoms with van der Waals surface area (Å²) in [6.45, 7) is 6.60. The number of pyridine rings is 1. The van der Waals surface area contributed by atoms with Crippen molar-refractivity contribution in [3.05, 3.63) is 23.9 Å². The van der Waals surface area contributed by atoms with Crippen LogP contribution in [0, 0.1) is 5.92 Å². The molecule has 116 valence electrons. The summed E-state index contributed by atoms with van der Waals surface area (Å²) in [6.07, 6.45) is 10.4. The Balaban J connectivity index is 1.80. The molecule has 2 heterocycles. The van der Waals surface area contributed by atoms with Crippen LogP contribution in [0.1, 0.15) is 64.0 Å². The lowest BCUT2D eigenvalue weighted by atomic mass is 9.78. The fourth-order valence-corrected chi connectivity index (χ4v) is 4.19. The molecule has 1 saturated carbocycles. The molecule has 1 aromatic heterocycles. The molecule has 1 saturated heterocycles. The number of hydrogen-bond acceptors (Lipinski definition) is 3. The standard InChI is InChI=1S/C18H29N3/c1-3-19-14(2)16-10-11-20-18(13-16)21-12-6-8-15-7-4-5-9-17(15)21/h10-11,13-15,17,19H,3-9,12H2,1-2H3. The number of rotatable bonds is 4. The molecule has 3 heteroatoms. The van der Waals surface area contributed by atoms with E-state index in [2.05, 4.69) is 36.2 Å². The molecule has 1 aliphatic carbocycles. The average Bonchev–Trinajstić information content (AvgIpc) is 2.55. The highest BCUT2D eigenvalue weighted by Gasteiger charge is 2.33. The van der Waals surface area contributed by atoms with Crippen LogP contribution in [0.3, 0.4) is 0 Å². The zero-order chi connectivity index (χ0) is 14.7. The van der Waals surface area contributed by atoms with Crippen molar-refractivity contribution >= 4 is 5.82 Å². The Morgan fingerprint density at radius 1 is 1.29 bits per heavy atom. The van der Waals surface area contributed by atoms with E-state index in [0.29, 0.717) is 6.04 Å². The van der Waals surface area contributed by atoms with Crippen molar-refractivity contribution < 1.29 is 0 Å². The zero-order valence-corrected chi connectivity index (χ0v) is 13.5. The summed E-state index contributed by atoms with van der Waals surface area (Å²) in [4.78, 5) is 7.30. The molecule has 2 aliphatic rings. The van der Waals surface area contributed by atoms with Gasteiger partial charge in [-0.2, -0.15) is 0 Å². The van der Waals surface area contributed by atoms with Crippen LogP contribution in [0.4, 0.5) is 5.82 Å². The van der Waals surface area contributed by atoms with Gasteiger partial charge in [-0.25, -0.2) is 4.98 Å². The Labute approximate surface area is 129 Å². The van der Waals surface area contributed by atoms with Gasteiger partial charge in [0.25, 0.3) is 0 Å². The maximum Gasteiger partial charge on any atom is 0.129 e. The van der Waals surface area contributed by atoms with E-state index < -0.39 is 0 Å². The first kappa shape index (κ1) is 14.8. The molecule has 0 aromatic carbocycles. The molecule has 3 rings (SSSR count). The van der Waals surface area contributed by atoms with Gasteiger partial charge in [-0.1, -0.05) is 19.8 Å². The summed E-state index contributed by atoms with van der Waals surface area (Å²) >= 11 is 0. The van der Waals surface area contributed by atoms with E-state index in [0.717, 1.165) is 18.5 Å². The Morgan fingerprint density at radius 3 is 2.95 bits per heavy atom. The van der Waals surface area contributed by atoms with Gasteiger partial charge in [0.1, 0.15) is 5.82 Å². The summed E-state index contributed by atoms with van der Waals surface area (Å²) in [7, 11) is 0. The van der Waals surface area contributed by atoms with E-state index in [-0.39, 0.29) is 0 Å². The maximum absolute atomic E-state index is 4.69. The van der Waals surface area contributed by atoms with Gasteiger partial charge in [-0.3, -0.25) is 0 Å². The molecule has 1 aromatic rings. The molecule has 2 fully saturated rings. The number of hydrogen-bond donors (Lipinski definition) is 1. The maximum atomic E-state index is 4.69. The summed E-state index contributed by atoms with van der Waals surface area (Å²) < 4.78 is 0. The number of fused-ring (bicyclic) bond motifs is 1. The van der Waals surface area contributed by atoms with E-state index in [1.165, 1.54) is 56.5 Å². The predicted molar refractivity (Wildman–Crippen MR) is 88.7 cm³/mol. The van der Waals surface area contributed by atoms with Gasteiger partial charge in [0.15, 0.2) is 0 Å². The minimum absolute atomic E-state index is 0.406. The smallest absolute Gasteiger partial charge is 0.129 e. The lowest BCUT2D eigenvalue weighted by Crippen LogP contribution is -2.47. The van der Waals surface area contributed by atoms with Gasteiger partial charge in [-0.15, -0.1) is 0 Å². The summed E-state index contributed by atoms with van der Waals surface area (Å²) in [6, 6.07) is 5.61. The Morgan fingerprint density at radius 2 is 2.10 bits per heavy atom. The number of anilines is 1. The molecule has 0 bridgehead atoms. The highest BCUT2D eigenvalue weighted by molar-refractivity contribution is 5.44. The van der Waals surface area contributed by atoms with Gasteiger partial charge in [0, 0.05) is 24.8 Å². The normalized spacial score (nSPS) is 27.2. The highest BCUT2D eigenvalue weighted by atomic mass is 15.2. The first-order valence-corrected chi connectivity index (χ1v) is 8.75. The number of nitrogens with one attached hydrogen (secondary N) is 1. The first-order chi connectivity index (χ1) is 10.3. The minimum Gasteiger partial charge on any atom is -0.353 e. The Bertz CT molecular complexity index is 458. The summed E-state index contributed by atoms with van der Waals surface area (Å²) in [5.74, 6) is 2.11. The van der Waals surface area contributed by atoms with Crippen LogP contribution in [-0.2, 0) is 0 Å². The molecular formula is C18H29N3. The van der Waals surface area contributed by atoms with E-state index in [1.54, 1.807) is 0 Å². The SMILES string of the molecule is CCNC(C)c1ccnc(N2CCCC3CCCCC32)c1. The Kier molecular flexibility index (Phi) is 4.79. The Hall–Kier alpha value is -1.09. The van der Waals surface area contributed by atoms with Gasteiger partial charge in [0.05, 0.1) is 0 Å². The van der Waals surface area contributed by atoms with Crippen molar-refractivity contribution in [1.29, 1.82) is 0 Å². The van der Waals surface area contributed by atoms with Crippen LogP contribution in [0.25, 0.3) is 0 Å². The summed E-state index contributed by atoms with van der Waals surface area (Å²) in [5, 5.41) is 3.50. The van der Waals surface area contributed by atoms with Crippen LogP contribution < -0.4 is 10.2 Å². The molecule has 0 spiro atoms. The van der Waals surface area contributed by atoms with Crippen molar-refractivity contribution in [3.63, 3.8) is 0 Å². The van der Waals surface area contributed by atoms with E-state index >= 15 is 0 Å². The monoisotopic (exact) mass is 287 g/mol. The van der Waals surface area contributed by atoms with E-state index in [1.807, 2.05) is 6.20 Å². The third-order valence-electron chi connectivity index (χ3n) is 5.32.